The molecule has 1 saturated heterocycles. The van der Waals surface area contributed by atoms with Crippen LogP contribution in [-0.2, 0) is 0 Å². The molecular formula is C29H31N7O4. The Hall–Kier alpha value is -4.69. The second-order valence-electron chi connectivity index (χ2n) is 11.0. The van der Waals surface area contributed by atoms with Crippen LogP contribution in [-0.4, -0.2) is 61.4 Å². The number of carbonyl (C=O) groups excluding carboxylic acids is 1. The Bertz CT molecular complexity index is 1640. The fourth-order valence-corrected chi connectivity index (χ4v) is 4.76. The van der Waals surface area contributed by atoms with Crippen molar-refractivity contribution in [3.8, 4) is 22.9 Å². The highest BCUT2D eigenvalue weighted by Crippen LogP contribution is 2.32. The van der Waals surface area contributed by atoms with E-state index in [1.54, 1.807) is 36.8 Å². The van der Waals surface area contributed by atoms with Crippen molar-refractivity contribution < 1.29 is 14.6 Å². The fourth-order valence-electron chi connectivity index (χ4n) is 4.76. The third kappa shape index (κ3) is 5.82. The molecule has 3 N–H and O–H groups in total. The van der Waals surface area contributed by atoms with Crippen LogP contribution in [0.25, 0.3) is 16.6 Å². The van der Waals surface area contributed by atoms with Gasteiger partial charge in [0.2, 0.25) is 5.56 Å². The van der Waals surface area contributed by atoms with Crippen LogP contribution in [0.3, 0.4) is 0 Å². The summed E-state index contributed by atoms with van der Waals surface area (Å²) in [4.78, 5) is 33.7. The van der Waals surface area contributed by atoms with E-state index in [4.69, 9.17) is 9.72 Å². The van der Waals surface area contributed by atoms with Gasteiger partial charge in [-0.15, -0.1) is 0 Å². The van der Waals surface area contributed by atoms with Gasteiger partial charge in [0.05, 0.1) is 29.1 Å². The third-order valence-corrected chi connectivity index (χ3v) is 7.00. The van der Waals surface area contributed by atoms with Crippen molar-refractivity contribution in [2.45, 2.75) is 44.8 Å². The molecule has 0 atom stereocenters. The maximum atomic E-state index is 12.7. The van der Waals surface area contributed by atoms with E-state index in [1.807, 2.05) is 25.1 Å². The Morgan fingerprint density at radius 2 is 2.02 bits per heavy atom. The SMILES string of the molecule is CC(C)(O)COc1cc(-c2ccc(N3CCC(C)(NC(=O)c4cc[nH]c(=O)c4)CC3)nc2)c2c(C#N)cnn2c1. The first-order chi connectivity index (χ1) is 19.0. The van der Waals surface area contributed by atoms with Gasteiger partial charge in [-0.25, -0.2) is 9.50 Å². The standard InChI is InChI=1S/C29H31N7O4/c1-28(2,39)18-40-22-13-23(26-21(14-30)16-33-36(26)17-22)20-4-5-24(32-15-20)35-10-7-29(3,8-11-35)34-27(38)19-6-9-31-25(37)12-19/h4-6,9,12-13,15-17,39H,7-8,10-11,18H2,1-3H3,(H,31,37)(H,34,38). The summed E-state index contributed by atoms with van der Waals surface area (Å²) in [6.45, 7) is 6.84. The number of aromatic amines is 1. The van der Waals surface area contributed by atoms with Crippen LogP contribution in [0.15, 0.2) is 59.9 Å². The maximum Gasteiger partial charge on any atom is 0.251 e. The van der Waals surface area contributed by atoms with Crippen molar-refractivity contribution in [2.75, 3.05) is 24.6 Å². The van der Waals surface area contributed by atoms with E-state index in [0.717, 1.165) is 16.9 Å². The molecule has 5 rings (SSSR count). The second-order valence-corrected chi connectivity index (χ2v) is 11.0. The molecule has 11 heteroatoms. The molecule has 40 heavy (non-hydrogen) atoms. The number of nitrogens with one attached hydrogen (secondary N) is 2. The number of anilines is 1. The molecule has 0 unspecified atom stereocenters. The van der Waals surface area contributed by atoms with Gasteiger partial charge in [-0.05, 0) is 57.9 Å². The number of amides is 1. The van der Waals surface area contributed by atoms with Gasteiger partial charge in [0.1, 0.15) is 24.2 Å². The number of fused-ring (bicyclic) bond motifs is 1. The summed E-state index contributed by atoms with van der Waals surface area (Å²) >= 11 is 0. The van der Waals surface area contributed by atoms with Gasteiger partial charge in [-0.2, -0.15) is 10.4 Å². The molecule has 0 bridgehead atoms. The van der Waals surface area contributed by atoms with Crippen LogP contribution < -0.4 is 20.5 Å². The Balaban J connectivity index is 1.32. The van der Waals surface area contributed by atoms with Crippen LogP contribution in [0.1, 0.15) is 49.5 Å². The number of hydrogen-bond acceptors (Lipinski definition) is 8. The number of carbonyl (C=O) groups is 1. The molecule has 0 aliphatic carbocycles. The molecule has 4 aromatic heterocycles. The number of rotatable bonds is 7. The van der Waals surface area contributed by atoms with Gasteiger partial charge in [0, 0.05) is 53.8 Å². The van der Waals surface area contributed by atoms with Gasteiger partial charge >= 0.3 is 0 Å². The van der Waals surface area contributed by atoms with Gasteiger partial charge in [-0.3, -0.25) is 9.59 Å². The fraction of sp³-hybridized carbons (Fsp3) is 0.345. The first kappa shape index (κ1) is 26.9. The molecule has 4 aromatic rings. The molecule has 0 saturated carbocycles. The zero-order valence-corrected chi connectivity index (χ0v) is 22.6. The highest BCUT2D eigenvalue weighted by atomic mass is 16.5. The van der Waals surface area contributed by atoms with Crippen molar-refractivity contribution in [1.82, 2.24) is 24.9 Å². The molecule has 1 aliphatic heterocycles. The van der Waals surface area contributed by atoms with Gasteiger partial charge < -0.3 is 25.0 Å². The number of H-pyrrole nitrogens is 1. The molecule has 206 valence electrons. The molecule has 11 nitrogen and oxygen atoms in total. The zero-order chi connectivity index (χ0) is 28.5. The van der Waals surface area contributed by atoms with Crippen LogP contribution in [0.2, 0.25) is 0 Å². The van der Waals surface area contributed by atoms with E-state index in [-0.39, 0.29) is 18.1 Å². The van der Waals surface area contributed by atoms with Gasteiger partial charge in [0.15, 0.2) is 0 Å². The smallest absolute Gasteiger partial charge is 0.251 e. The number of piperidine rings is 1. The van der Waals surface area contributed by atoms with E-state index in [0.29, 0.717) is 48.3 Å². The quantitative estimate of drug-likeness (QED) is 0.323. The lowest BCUT2D eigenvalue weighted by Gasteiger charge is -2.40. The summed E-state index contributed by atoms with van der Waals surface area (Å²) in [5.74, 6) is 1.06. The largest absolute Gasteiger partial charge is 0.489 e. The normalized spacial score (nSPS) is 15.0. The molecule has 5 heterocycles. The number of nitriles is 1. The van der Waals surface area contributed by atoms with Crippen LogP contribution >= 0.6 is 0 Å². The van der Waals surface area contributed by atoms with Gasteiger partial charge in [-0.1, -0.05) is 0 Å². The Morgan fingerprint density at radius 3 is 2.67 bits per heavy atom. The summed E-state index contributed by atoms with van der Waals surface area (Å²) < 4.78 is 7.42. The van der Waals surface area contributed by atoms with Crippen LogP contribution in [0, 0.1) is 11.3 Å². The lowest BCUT2D eigenvalue weighted by atomic mass is 9.89. The van der Waals surface area contributed by atoms with Crippen LogP contribution in [0.5, 0.6) is 5.75 Å². The average molecular weight is 542 g/mol. The number of aliphatic hydroxyl groups is 1. The molecule has 1 aliphatic rings. The number of pyridine rings is 3. The number of hydrogen-bond donors (Lipinski definition) is 3. The van der Waals surface area contributed by atoms with Crippen molar-refractivity contribution >= 4 is 17.2 Å². The number of ether oxygens (including phenoxy) is 1. The van der Waals surface area contributed by atoms with E-state index < -0.39 is 11.1 Å². The zero-order valence-electron chi connectivity index (χ0n) is 22.6. The molecular weight excluding hydrogens is 510 g/mol. The third-order valence-electron chi connectivity index (χ3n) is 7.00. The Morgan fingerprint density at radius 1 is 1.25 bits per heavy atom. The monoisotopic (exact) mass is 541 g/mol. The molecule has 1 fully saturated rings. The highest BCUT2D eigenvalue weighted by Gasteiger charge is 2.32. The summed E-state index contributed by atoms with van der Waals surface area (Å²) in [7, 11) is 0. The van der Waals surface area contributed by atoms with E-state index in [2.05, 4.69) is 26.4 Å². The lowest BCUT2D eigenvalue weighted by Crippen LogP contribution is -2.53. The predicted octanol–water partition coefficient (Wildman–Crippen LogP) is 2.89. The summed E-state index contributed by atoms with van der Waals surface area (Å²) in [6, 6.07) is 10.8. The van der Waals surface area contributed by atoms with E-state index >= 15 is 0 Å². The summed E-state index contributed by atoms with van der Waals surface area (Å²) in [6.07, 6.45) is 7.87. The lowest BCUT2D eigenvalue weighted by molar-refractivity contribution is 0.0283. The predicted molar refractivity (Wildman–Crippen MR) is 149 cm³/mol. The van der Waals surface area contributed by atoms with E-state index in [9.17, 15) is 20.0 Å². The molecule has 1 amide bonds. The summed E-state index contributed by atoms with van der Waals surface area (Å²) in [5, 5.41) is 27.1. The molecule has 0 aromatic carbocycles. The van der Waals surface area contributed by atoms with Gasteiger partial charge in [0.25, 0.3) is 5.91 Å². The first-order valence-electron chi connectivity index (χ1n) is 13.0. The molecule has 0 spiro atoms. The van der Waals surface area contributed by atoms with Crippen LogP contribution in [0.4, 0.5) is 5.82 Å². The Kier molecular flexibility index (Phi) is 7.04. The molecule has 0 radical (unpaired) electrons. The first-order valence-corrected chi connectivity index (χ1v) is 13.0. The van der Waals surface area contributed by atoms with E-state index in [1.165, 1.54) is 18.5 Å². The number of nitrogens with zero attached hydrogens (tertiary/aromatic N) is 5. The maximum absolute atomic E-state index is 12.7. The minimum Gasteiger partial charge on any atom is -0.489 e. The second kappa shape index (κ2) is 10.5. The van der Waals surface area contributed by atoms with Crippen molar-refractivity contribution in [1.29, 1.82) is 5.26 Å². The van der Waals surface area contributed by atoms with Crippen molar-refractivity contribution in [3.63, 3.8) is 0 Å². The summed E-state index contributed by atoms with van der Waals surface area (Å²) in [5.41, 5.74) is 1.25. The van der Waals surface area contributed by atoms with Crippen molar-refractivity contribution in [2.24, 2.45) is 0 Å². The van der Waals surface area contributed by atoms with Crippen molar-refractivity contribution in [3.05, 3.63) is 76.6 Å². The Labute approximate surface area is 231 Å². The minimum atomic E-state index is -1.01. The topological polar surface area (TPSA) is 149 Å². The number of aromatic nitrogens is 4. The highest BCUT2D eigenvalue weighted by molar-refractivity contribution is 5.94. The minimum absolute atomic E-state index is 0.0967. The average Bonchev–Trinajstić information content (AvgIpc) is 3.35.